The summed E-state index contributed by atoms with van der Waals surface area (Å²) in [6.07, 6.45) is 2.90. The van der Waals surface area contributed by atoms with Crippen molar-refractivity contribution in [2.45, 2.75) is 19.3 Å². The number of nitriles is 2. The van der Waals surface area contributed by atoms with Gasteiger partial charge in [0.1, 0.15) is 0 Å². The van der Waals surface area contributed by atoms with Gasteiger partial charge in [-0.05, 0) is 37.0 Å². The Morgan fingerprint density at radius 1 is 1.35 bits per heavy atom. The van der Waals surface area contributed by atoms with Gasteiger partial charge >= 0.3 is 0 Å². The van der Waals surface area contributed by atoms with Crippen LogP contribution in [0.3, 0.4) is 0 Å². The third kappa shape index (κ3) is 2.77. The zero-order valence-electron chi connectivity index (χ0n) is 9.76. The number of benzene rings is 1. The lowest BCUT2D eigenvalue weighted by atomic mass is 9.95. The molecule has 0 N–H and O–H groups in total. The van der Waals surface area contributed by atoms with Gasteiger partial charge in [0.2, 0.25) is 0 Å². The van der Waals surface area contributed by atoms with Gasteiger partial charge in [0, 0.05) is 25.2 Å². The number of rotatable bonds is 2. The average Bonchev–Trinajstić information content (AvgIpc) is 2.40. The third-order valence-corrected chi connectivity index (χ3v) is 3.24. The lowest BCUT2D eigenvalue weighted by Crippen LogP contribution is -2.35. The van der Waals surface area contributed by atoms with Crippen LogP contribution < -0.4 is 4.90 Å². The molecule has 1 fully saturated rings. The van der Waals surface area contributed by atoms with E-state index in [9.17, 15) is 0 Å². The van der Waals surface area contributed by atoms with Crippen molar-refractivity contribution in [1.82, 2.24) is 0 Å². The van der Waals surface area contributed by atoms with Crippen molar-refractivity contribution in [3.8, 4) is 12.1 Å². The Bertz CT molecular complexity index is 467. The smallest absolute Gasteiger partial charge is 0.0992 e. The molecular weight excluding hydrogens is 210 g/mol. The van der Waals surface area contributed by atoms with Crippen molar-refractivity contribution < 1.29 is 0 Å². The van der Waals surface area contributed by atoms with Crippen LogP contribution in [-0.4, -0.2) is 13.1 Å². The maximum atomic E-state index is 8.89. The van der Waals surface area contributed by atoms with Crippen LogP contribution in [0.2, 0.25) is 0 Å². The summed E-state index contributed by atoms with van der Waals surface area (Å²) >= 11 is 0. The molecule has 1 atom stereocenters. The molecule has 3 nitrogen and oxygen atoms in total. The zero-order chi connectivity index (χ0) is 12.1. The summed E-state index contributed by atoms with van der Waals surface area (Å²) in [4.78, 5) is 2.28. The van der Waals surface area contributed by atoms with Crippen LogP contribution in [0.4, 0.5) is 5.69 Å². The van der Waals surface area contributed by atoms with Crippen LogP contribution in [0.15, 0.2) is 24.3 Å². The minimum Gasteiger partial charge on any atom is -0.371 e. The van der Waals surface area contributed by atoms with E-state index in [1.54, 1.807) is 0 Å². The molecule has 3 heteroatoms. The molecule has 0 spiro atoms. The Kier molecular flexibility index (Phi) is 3.62. The quantitative estimate of drug-likeness (QED) is 0.777. The molecule has 0 aliphatic carbocycles. The normalized spacial score (nSPS) is 19.4. The topological polar surface area (TPSA) is 50.8 Å². The summed E-state index contributed by atoms with van der Waals surface area (Å²) in [6.45, 7) is 1.96. The Balaban J connectivity index is 2.11. The maximum absolute atomic E-state index is 8.89. The number of hydrogen-bond donors (Lipinski definition) is 0. The highest BCUT2D eigenvalue weighted by molar-refractivity contribution is 5.51. The summed E-state index contributed by atoms with van der Waals surface area (Å²) in [5, 5.41) is 17.6. The molecule has 1 aromatic rings. The van der Waals surface area contributed by atoms with Crippen LogP contribution in [0.1, 0.15) is 24.8 Å². The van der Waals surface area contributed by atoms with Crippen molar-refractivity contribution in [2.24, 2.45) is 5.92 Å². The van der Waals surface area contributed by atoms with Crippen LogP contribution in [0, 0.1) is 28.6 Å². The van der Waals surface area contributed by atoms with Crippen LogP contribution in [-0.2, 0) is 0 Å². The first-order valence-electron chi connectivity index (χ1n) is 5.95. The molecule has 1 aromatic carbocycles. The fourth-order valence-electron chi connectivity index (χ4n) is 2.37. The zero-order valence-corrected chi connectivity index (χ0v) is 9.76. The second-order valence-corrected chi connectivity index (χ2v) is 4.48. The van der Waals surface area contributed by atoms with Gasteiger partial charge in [-0.15, -0.1) is 0 Å². The molecule has 1 aliphatic rings. The van der Waals surface area contributed by atoms with Gasteiger partial charge in [-0.3, -0.25) is 0 Å². The molecule has 1 heterocycles. The molecule has 0 radical (unpaired) electrons. The number of anilines is 1. The first-order valence-corrected chi connectivity index (χ1v) is 5.95. The molecule has 2 rings (SSSR count). The van der Waals surface area contributed by atoms with Gasteiger partial charge in [0.15, 0.2) is 0 Å². The van der Waals surface area contributed by atoms with Crippen molar-refractivity contribution >= 4 is 5.69 Å². The van der Waals surface area contributed by atoms with Crippen LogP contribution in [0.5, 0.6) is 0 Å². The lowest BCUT2D eigenvalue weighted by Gasteiger charge is -2.33. The summed E-state index contributed by atoms with van der Waals surface area (Å²) in [5.74, 6) is 0.472. The highest BCUT2D eigenvalue weighted by Crippen LogP contribution is 2.25. The standard InChI is InChI=1S/C14H15N3/c15-7-6-12-4-2-8-17(11-12)14-5-1-3-13(9-14)10-16/h1,3,5,9,12H,2,4,6,8,11H2. The van der Waals surface area contributed by atoms with Crippen molar-refractivity contribution in [3.05, 3.63) is 29.8 Å². The van der Waals surface area contributed by atoms with E-state index in [0.29, 0.717) is 17.9 Å². The molecule has 17 heavy (non-hydrogen) atoms. The monoisotopic (exact) mass is 225 g/mol. The average molecular weight is 225 g/mol. The number of piperidine rings is 1. The van der Waals surface area contributed by atoms with Gasteiger partial charge < -0.3 is 4.90 Å². The minimum absolute atomic E-state index is 0.472. The maximum Gasteiger partial charge on any atom is 0.0992 e. The van der Waals surface area contributed by atoms with E-state index in [1.165, 1.54) is 0 Å². The predicted molar refractivity (Wildman–Crippen MR) is 66.3 cm³/mol. The molecule has 0 saturated carbocycles. The van der Waals surface area contributed by atoms with Crippen molar-refractivity contribution in [2.75, 3.05) is 18.0 Å². The van der Waals surface area contributed by atoms with Gasteiger partial charge in [-0.25, -0.2) is 0 Å². The second kappa shape index (κ2) is 5.37. The minimum atomic E-state index is 0.472. The molecule has 0 bridgehead atoms. The predicted octanol–water partition coefficient (Wildman–Crippen LogP) is 2.69. The van der Waals surface area contributed by atoms with Gasteiger partial charge in [0.05, 0.1) is 17.7 Å². The van der Waals surface area contributed by atoms with Gasteiger partial charge in [-0.1, -0.05) is 6.07 Å². The van der Waals surface area contributed by atoms with Crippen LogP contribution in [0.25, 0.3) is 0 Å². The number of hydrogen-bond acceptors (Lipinski definition) is 3. The molecular formula is C14H15N3. The molecule has 0 aromatic heterocycles. The Hall–Kier alpha value is -2.00. The summed E-state index contributed by atoms with van der Waals surface area (Å²) in [7, 11) is 0. The van der Waals surface area contributed by atoms with E-state index < -0.39 is 0 Å². The Morgan fingerprint density at radius 2 is 2.24 bits per heavy atom. The van der Waals surface area contributed by atoms with Gasteiger partial charge in [0.25, 0.3) is 0 Å². The van der Waals surface area contributed by atoms with Crippen molar-refractivity contribution in [3.63, 3.8) is 0 Å². The second-order valence-electron chi connectivity index (χ2n) is 4.48. The van der Waals surface area contributed by atoms with E-state index in [2.05, 4.69) is 17.0 Å². The highest BCUT2D eigenvalue weighted by atomic mass is 15.1. The van der Waals surface area contributed by atoms with Crippen molar-refractivity contribution in [1.29, 1.82) is 10.5 Å². The molecule has 86 valence electrons. The fraction of sp³-hybridized carbons (Fsp3) is 0.429. The Labute approximate surface area is 102 Å². The summed E-state index contributed by atoms with van der Waals surface area (Å²) in [6, 6.07) is 12.1. The van der Waals surface area contributed by atoms with E-state index >= 15 is 0 Å². The summed E-state index contributed by atoms with van der Waals surface area (Å²) in [5.41, 5.74) is 1.80. The molecule has 0 amide bonds. The summed E-state index contributed by atoms with van der Waals surface area (Å²) < 4.78 is 0. The first-order chi connectivity index (χ1) is 8.33. The lowest BCUT2D eigenvalue weighted by molar-refractivity contribution is 0.422. The number of nitrogens with zero attached hydrogens (tertiary/aromatic N) is 3. The fourth-order valence-corrected chi connectivity index (χ4v) is 2.37. The molecule has 1 unspecified atom stereocenters. The molecule has 1 aliphatic heterocycles. The molecule has 1 saturated heterocycles. The SMILES string of the molecule is N#CCC1CCCN(c2cccc(C#N)c2)C1. The highest BCUT2D eigenvalue weighted by Gasteiger charge is 2.19. The van der Waals surface area contributed by atoms with Gasteiger partial charge in [-0.2, -0.15) is 10.5 Å². The largest absolute Gasteiger partial charge is 0.371 e. The van der Waals surface area contributed by atoms with E-state index in [-0.39, 0.29) is 0 Å². The Morgan fingerprint density at radius 3 is 3.00 bits per heavy atom. The first kappa shape index (κ1) is 11.5. The van der Waals surface area contributed by atoms with E-state index in [4.69, 9.17) is 10.5 Å². The van der Waals surface area contributed by atoms with Crippen LogP contribution >= 0.6 is 0 Å². The van der Waals surface area contributed by atoms with E-state index in [1.807, 2.05) is 24.3 Å². The third-order valence-electron chi connectivity index (χ3n) is 3.24. The van der Waals surface area contributed by atoms with E-state index in [0.717, 1.165) is 31.6 Å².